The van der Waals surface area contributed by atoms with Crippen LogP contribution >= 0.6 is 0 Å². The third kappa shape index (κ3) is 8.78. The van der Waals surface area contributed by atoms with Crippen molar-refractivity contribution in [2.75, 3.05) is 47.0 Å². The van der Waals surface area contributed by atoms with Crippen molar-refractivity contribution in [2.45, 2.75) is 57.9 Å². The van der Waals surface area contributed by atoms with Gasteiger partial charge in [0.25, 0.3) is 0 Å². The minimum Gasteiger partial charge on any atom is -0.493 e. The molecule has 2 atom stereocenters. The van der Waals surface area contributed by atoms with E-state index < -0.39 is 0 Å². The zero-order valence-electron chi connectivity index (χ0n) is 26.5. The number of hydrogen-bond donors (Lipinski definition) is 1. The van der Waals surface area contributed by atoms with E-state index in [4.69, 9.17) is 23.9 Å². The number of likely N-dealkylation sites (tertiary alicyclic amines) is 1. The van der Waals surface area contributed by atoms with Crippen molar-refractivity contribution in [2.24, 2.45) is 0 Å². The monoisotopic (exact) mass is 617 g/mol. The number of fused-ring (bicyclic) bond motifs is 5. The van der Waals surface area contributed by atoms with Crippen LogP contribution in [0.15, 0.2) is 54.7 Å². The summed E-state index contributed by atoms with van der Waals surface area (Å²) in [6.07, 6.45) is 2.24. The first kappa shape index (κ1) is 32.3. The van der Waals surface area contributed by atoms with Crippen molar-refractivity contribution in [3.8, 4) is 17.2 Å². The molecule has 0 aliphatic carbocycles. The lowest BCUT2D eigenvalue weighted by atomic mass is 10.1. The number of nitrogens with one attached hydrogen (secondary N) is 1. The largest absolute Gasteiger partial charge is 0.493 e. The third-order valence-electron chi connectivity index (χ3n) is 8.02. The van der Waals surface area contributed by atoms with Crippen LogP contribution in [0.1, 0.15) is 48.8 Å². The summed E-state index contributed by atoms with van der Waals surface area (Å²) >= 11 is 0. The number of aryl methyl sites for hydroxylation is 1. The standard InChI is InChI=1S/C34H43N5O6/c1-23(2)34-35-13-12-26(36-34)18-38-19-28-31(20-38)44-22-25-6-5-7-27(16-25)45-30-17-24(8-10-29(30)43-4)9-11-33(41)39(14-15-42-3)21-32(40)37-28/h5-8,10,12-13,16-17,23,28,31H,9,11,14-15,18-22H2,1-4H3,(H,37,40)/t28-,31-/m0/s1. The number of carbonyl (C=O) groups is 2. The Bertz CT molecular complexity index is 1470. The molecule has 2 aromatic carbocycles. The van der Waals surface area contributed by atoms with Crippen LogP contribution in [-0.4, -0.2) is 90.7 Å². The number of rotatable bonds is 7. The van der Waals surface area contributed by atoms with Gasteiger partial charge in [0, 0.05) is 51.8 Å². The van der Waals surface area contributed by atoms with Crippen LogP contribution in [0.25, 0.3) is 0 Å². The molecule has 240 valence electrons. The smallest absolute Gasteiger partial charge is 0.239 e. The van der Waals surface area contributed by atoms with Gasteiger partial charge in [-0.25, -0.2) is 9.97 Å². The van der Waals surface area contributed by atoms with Gasteiger partial charge in [-0.05, 0) is 47.9 Å². The van der Waals surface area contributed by atoms with Crippen LogP contribution in [0.5, 0.6) is 17.2 Å². The van der Waals surface area contributed by atoms with Gasteiger partial charge in [0.15, 0.2) is 11.5 Å². The number of amides is 2. The zero-order chi connectivity index (χ0) is 31.8. The molecule has 2 aliphatic heterocycles. The molecule has 45 heavy (non-hydrogen) atoms. The highest BCUT2D eigenvalue weighted by atomic mass is 16.5. The predicted octanol–water partition coefficient (Wildman–Crippen LogP) is 3.71. The summed E-state index contributed by atoms with van der Waals surface area (Å²) < 4.78 is 23.5. The summed E-state index contributed by atoms with van der Waals surface area (Å²) in [6, 6.07) is 15.1. The number of methoxy groups -OCH3 is 2. The quantitative estimate of drug-likeness (QED) is 0.424. The maximum absolute atomic E-state index is 13.4. The van der Waals surface area contributed by atoms with Gasteiger partial charge < -0.3 is 29.2 Å². The number of ether oxygens (including phenoxy) is 4. The fourth-order valence-corrected chi connectivity index (χ4v) is 5.61. The van der Waals surface area contributed by atoms with E-state index in [0.29, 0.717) is 63.1 Å². The SMILES string of the molecule is COCCN1CC(=O)N[C@H]2CN(Cc3ccnc(C(C)C)n3)C[C@@H]2OCc2cccc(c2)Oc2cc(ccc2OC)CCC1=O. The molecule has 0 radical (unpaired) electrons. The van der Waals surface area contributed by atoms with E-state index in [-0.39, 0.29) is 42.8 Å². The van der Waals surface area contributed by atoms with E-state index in [2.05, 4.69) is 29.0 Å². The maximum atomic E-state index is 13.4. The molecule has 2 amide bonds. The van der Waals surface area contributed by atoms with Gasteiger partial charge in [-0.2, -0.15) is 0 Å². The zero-order valence-corrected chi connectivity index (χ0v) is 26.5. The third-order valence-corrected chi connectivity index (χ3v) is 8.02. The number of hydrogen-bond acceptors (Lipinski definition) is 9. The second-order valence-electron chi connectivity index (χ2n) is 11.8. The van der Waals surface area contributed by atoms with Crippen LogP contribution in [0.4, 0.5) is 0 Å². The molecule has 1 aromatic heterocycles. The predicted molar refractivity (Wildman–Crippen MR) is 168 cm³/mol. The van der Waals surface area contributed by atoms with E-state index >= 15 is 0 Å². The van der Waals surface area contributed by atoms with Crippen LogP contribution in [-0.2, 0) is 38.6 Å². The Morgan fingerprint density at radius 2 is 1.91 bits per heavy atom. The lowest BCUT2D eigenvalue weighted by Crippen LogP contribution is -2.49. The molecular weight excluding hydrogens is 574 g/mol. The highest BCUT2D eigenvalue weighted by molar-refractivity contribution is 5.85. The van der Waals surface area contributed by atoms with Crippen molar-refractivity contribution in [1.82, 2.24) is 25.1 Å². The molecular formula is C34H43N5O6. The molecule has 2 aliphatic rings. The van der Waals surface area contributed by atoms with Crippen LogP contribution in [0.2, 0.25) is 0 Å². The van der Waals surface area contributed by atoms with Gasteiger partial charge in [0.2, 0.25) is 11.8 Å². The number of nitrogens with zero attached hydrogens (tertiary/aromatic N) is 4. The Morgan fingerprint density at radius 1 is 1.04 bits per heavy atom. The summed E-state index contributed by atoms with van der Waals surface area (Å²) in [4.78, 5) is 39.7. The first-order chi connectivity index (χ1) is 21.8. The fraction of sp³-hybridized carbons (Fsp3) is 0.471. The molecule has 0 saturated carbocycles. The molecule has 4 bridgehead atoms. The first-order valence-electron chi connectivity index (χ1n) is 15.5. The van der Waals surface area contributed by atoms with E-state index in [0.717, 1.165) is 22.6 Å². The van der Waals surface area contributed by atoms with Gasteiger partial charge >= 0.3 is 0 Å². The van der Waals surface area contributed by atoms with Gasteiger partial charge in [-0.1, -0.05) is 32.0 Å². The molecule has 0 unspecified atom stereocenters. The van der Waals surface area contributed by atoms with Gasteiger partial charge in [0.05, 0.1) is 44.7 Å². The van der Waals surface area contributed by atoms with Crippen molar-refractivity contribution in [3.63, 3.8) is 0 Å². The minimum atomic E-state index is -0.274. The van der Waals surface area contributed by atoms with Crippen LogP contribution < -0.4 is 14.8 Å². The fourth-order valence-electron chi connectivity index (χ4n) is 5.61. The second-order valence-corrected chi connectivity index (χ2v) is 11.8. The number of aromatic nitrogens is 2. The normalized spacial score (nSPS) is 19.8. The Morgan fingerprint density at radius 3 is 2.71 bits per heavy atom. The molecule has 11 heteroatoms. The minimum absolute atomic E-state index is 0.0614. The number of benzene rings is 2. The average Bonchev–Trinajstić information content (AvgIpc) is 3.40. The topological polar surface area (TPSA) is 115 Å². The summed E-state index contributed by atoms with van der Waals surface area (Å²) in [5, 5.41) is 3.17. The van der Waals surface area contributed by atoms with Gasteiger partial charge in [0.1, 0.15) is 11.6 Å². The molecule has 1 fully saturated rings. The van der Waals surface area contributed by atoms with Crippen LogP contribution in [0, 0.1) is 0 Å². The summed E-state index contributed by atoms with van der Waals surface area (Å²) in [7, 11) is 3.18. The Kier molecular flexibility index (Phi) is 11.0. The maximum Gasteiger partial charge on any atom is 0.239 e. The molecule has 0 spiro atoms. The Labute approximate surface area is 264 Å². The Balaban J connectivity index is 1.40. The lowest BCUT2D eigenvalue weighted by molar-refractivity contribution is -0.137. The van der Waals surface area contributed by atoms with Crippen molar-refractivity contribution in [1.29, 1.82) is 0 Å². The van der Waals surface area contributed by atoms with Crippen molar-refractivity contribution >= 4 is 11.8 Å². The number of carbonyl (C=O) groups excluding carboxylic acids is 2. The average molecular weight is 618 g/mol. The van der Waals surface area contributed by atoms with Crippen molar-refractivity contribution in [3.05, 3.63) is 77.4 Å². The molecule has 1 N–H and O–H groups in total. The van der Waals surface area contributed by atoms with E-state index in [1.54, 1.807) is 25.3 Å². The van der Waals surface area contributed by atoms with E-state index in [1.165, 1.54) is 0 Å². The highest BCUT2D eigenvalue weighted by Crippen LogP contribution is 2.33. The molecule has 5 rings (SSSR count). The second kappa shape index (κ2) is 15.3. The van der Waals surface area contributed by atoms with Crippen molar-refractivity contribution < 1.29 is 28.5 Å². The first-order valence-corrected chi connectivity index (χ1v) is 15.5. The summed E-state index contributed by atoms with van der Waals surface area (Å²) in [5.74, 6) is 2.49. The molecule has 11 nitrogen and oxygen atoms in total. The van der Waals surface area contributed by atoms with Gasteiger partial charge in [-0.3, -0.25) is 14.5 Å². The Hall–Kier alpha value is -4.06. The molecule has 3 heterocycles. The van der Waals surface area contributed by atoms with Gasteiger partial charge in [-0.15, -0.1) is 0 Å². The highest BCUT2D eigenvalue weighted by Gasteiger charge is 2.35. The molecule has 1 saturated heterocycles. The van der Waals surface area contributed by atoms with Crippen LogP contribution in [0.3, 0.4) is 0 Å². The van der Waals surface area contributed by atoms with E-state index in [1.807, 2.05) is 48.5 Å². The summed E-state index contributed by atoms with van der Waals surface area (Å²) in [5.41, 5.74) is 2.79. The summed E-state index contributed by atoms with van der Waals surface area (Å²) in [6.45, 7) is 6.87. The lowest BCUT2D eigenvalue weighted by Gasteiger charge is -2.25. The van der Waals surface area contributed by atoms with E-state index in [9.17, 15) is 9.59 Å². The molecule has 3 aromatic rings.